The molecule has 0 fully saturated rings. The summed E-state index contributed by atoms with van der Waals surface area (Å²) in [6.45, 7) is 7.62. The lowest BCUT2D eigenvalue weighted by molar-refractivity contribution is 0.483. The Morgan fingerprint density at radius 1 is 1.08 bits per heavy atom. The Hall–Kier alpha value is -2.32. The maximum atomic E-state index is 11.8. The molecule has 1 aromatic carbocycles. The van der Waals surface area contributed by atoms with Gasteiger partial charge in [-0.1, -0.05) is 19.9 Å². The average molecular weight is 376 g/mol. The first-order valence-electron chi connectivity index (χ1n) is 8.56. The van der Waals surface area contributed by atoms with E-state index in [-0.39, 0.29) is 10.6 Å². The first kappa shape index (κ1) is 20.0. The first-order valence-corrected chi connectivity index (χ1v) is 10.00. The molecule has 7 nitrogen and oxygen atoms in total. The van der Waals surface area contributed by atoms with Crippen molar-refractivity contribution < 1.29 is 13.0 Å². The van der Waals surface area contributed by atoms with Crippen LogP contribution in [-0.4, -0.2) is 31.0 Å². The molecule has 0 atom stereocenters. The van der Waals surface area contributed by atoms with Crippen molar-refractivity contribution in [3.63, 3.8) is 0 Å². The van der Waals surface area contributed by atoms with E-state index >= 15 is 0 Å². The van der Waals surface area contributed by atoms with Gasteiger partial charge in [0.1, 0.15) is 10.6 Å². The van der Waals surface area contributed by atoms with Crippen LogP contribution >= 0.6 is 0 Å². The molecule has 0 spiro atoms. The number of hydrogen-bond donors (Lipinski definition) is 1. The van der Waals surface area contributed by atoms with E-state index in [9.17, 15) is 13.0 Å². The Labute approximate surface area is 154 Å². The Bertz CT molecular complexity index is 859. The lowest BCUT2D eigenvalue weighted by Gasteiger charge is -2.24. The summed E-state index contributed by atoms with van der Waals surface area (Å²) in [5.74, 6) is 0.361. The van der Waals surface area contributed by atoms with Crippen LogP contribution in [-0.2, 0) is 10.1 Å². The fourth-order valence-corrected chi connectivity index (χ4v) is 3.17. The van der Waals surface area contributed by atoms with E-state index in [0.29, 0.717) is 5.82 Å². The molecule has 0 aliphatic heterocycles. The van der Waals surface area contributed by atoms with E-state index in [1.54, 1.807) is 24.4 Å². The fraction of sp³-hybridized carbons (Fsp3) is 0.389. The molecule has 0 radical (unpaired) electrons. The monoisotopic (exact) mass is 376 g/mol. The highest BCUT2D eigenvalue weighted by Gasteiger charge is 2.18. The predicted octanol–water partition coefficient (Wildman–Crippen LogP) is 4.68. The molecular formula is C18H24N4O3S. The Kier molecular flexibility index (Phi) is 6.82. The van der Waals surface area contributed by atoms with Crippen molar-refractivity contribution in [3.05, 3.63) is 42.1 Å². The molecule has 0 aliphatic carbocycles. The molecule has 0 saturated carbocycles. The zero-order valence-corrected chi connectivity index (χ0v) is 16.1. The molecule has 1 heterocycles. The van der Waals surface area contributed by atoms with Gasteiger partial charge in [-0.15, -0.1) is 10.2 Å². The summed E-state index contributed by atoms with van der Waals surface area (Å²) in [7, 11) is -4.43. The second-order valence-electron chi connectivity index (χ2n) is 6.01. The van der Waals surface area contributed by atoms with Crippen LogP contribution in [0.3, 0.4) is 0 Å². The molecule has 0 aliphatic rings. The summed E-state index contributed by atoms with van der Waals surface area (Å²) in [5, 5.41) is 7.93. The lowest BCUT2D eigenvalue weighted by atomic mass is 10.2. The summed E-state index contributed by atoms with van der Waals surface area (Å²) in [6, 6.07) is 8.30. The summed E-state index contributed by atoms with van der Waals surface area (Å²) >= 11 is 0. The summed E-state index contributed by atoms with van der Waals surface area (Å²) < 4.78 is 33.2. The smallest absolute Gasteiger partial charge is 0.296 e. The zero-order valence-electron chi connectivity index (χ0n) is 15.3. The van der Waals surface area contributed by atoms with Gasteiger partial charge in [0.15, 0.2) is 5.82 Å². The van der Waals surface area contributed by atoms with Gasteiger partial charge in [0, 0.05) is 25.0 Å². The van der Waals surface area contributed by atoms with E-state index in [0.717, 1.165) is 37.2 Å². The number of nitrogens with zero attached hydrogens (tertiary/aromatic N) is 4. The van der Waals surface area contributed by atoms with E-state index in [1.807, 2.05) is 13.0 Å². The minimum absolute atomic E-state index is 0.0755. The molecule has 0 amide bonds. The quantitative estimate of drug-likeness (QED) is 0.533. The second kappa shape index (κ2) is 8.86. The largest absolute Gasteiger partial charge is 0.372 e. The number of azo groups is 1. The predicted molar refractivity (Wildman–Crippen MR) is 102 cm³/mol. The molecular weight excluding hydrogens is 352 g/mol. The van der Waals surface area contributed by atoms with E-state index in [1.165, 1.54) is 6.07 Å². The van der Waals surface area contributed by atoms with Gasteiger partial charge in [0.2, 0.25) is 0 Å². The number of pyridine rings is 1. The average Bonchev–Trinajstić information content (AvgIpc) is 2.60. The summed E-state index contributed by atoms with van der Waals surface area (Å²) in [6.07, 6.45) is 3.51. The van der Waals surface area contributed by atoms with Crippen LogP contribution in [0.2, 0.25) is 0 Å². The fourth-order valence-electron chi connectivity index (χ4n) is 2.52. The first-order chi connectivity index (χ1) is 12.3. The van der Waals surface area contributed by atoms with Crippen molar-refractivity contribution in [2.45, 2.75) is 38.5 Å². The van der Waals surface area contributed by atoms with Crippen LogP contribution in [0.25, 0.3) is 0 Å². The van der Waals surface area contributed by atoms with Crippen molar-refractivity contribution in [2.24, 2.45) is 10.2 Å². The van der Waals surface area contributed by atoms with Crippen LogP contribution in [0.1, 0.15) is 32.3 Å². The molecule has 2 aromatic rings. The van der Waals surface area contributed by atoms with Gasteiger partial charge in [-0.2, -0.15) is 8.42 Å². The number of hydrogen-bond acceptors (Lipinski definition) is 6. The van der Waals surface area contributed by atoms with Gasteiger partial charge in [-0.25, -0.2) is 4.98 Å². The van der Waals surface area contributed by atoms with E-state index < -0.39 is 10.1 Å². The van der Waals surface area contributed by atoms with E-state index in [4.69, 9.17) is 0 Å². The molecule has 2 rings (SSSR count). The minimum Gasteiger partial charge on any atom is -0.372 e. The molecule has 0 unspecified atom stereocenters. The van der Waals surface area contributed by atoms with Crippen LogP contribution in [0, 0.1) is 6.92 Å². The number of rotatable bonds is 8. The summed E-state index contributed by atoms with van der Waals surface area (Å²) in [4.78, 5) is 5.92. The van der Waals surface area contributed by atoms with Gasteiger partial charge < -0.3 is 4.90 Å². The number of aryl methyl sites for hydroxylation is 1. The van der Waals surface area contributed by atoms with Crippen molar-refractivity contribution in [1.82, 2.24) is 4.98 Å². The van der Waals surface area contributed by atoms with Gasteiger partial charge in [-0.05, 0) is 49.6 Å². The van der Waals surface area contributed by atoms with Crippen molar-refractivity contribution in [1.29, 1.82) is 0 Å². The highest BCUT2D eigenvalue weighted by Crippen LogP contribution is 2.30. The lowest BCUT2D eigenvalue weighted by Crippen LogP contribution is -2.25. The maximum Gasteiger partial charge on any atom is 0.296 e. The third-order valence-corrected chi connectivity index (χ3v) is 4.61. The second-order valence-corrected chi connectivity index (χ2v) is 7.40. The normalized spacial score (nSPS) is 11.8. The topological polar surface area (TPSA) is 95.2 Å². The van der Waals surface area contributed by atoms with Gasteiger partial charge in [-0.3, -0.25) is 4.55 Å². The standard InChI is InChI=1S/C18H24N4O3S/c1-4-10-22(11-5-2)15-7-8-16(17(12-15)26(23,24)25)20-21-18-9-6-14(3)13-19-18/h6-9,12-13H,4-5,10-11H2,1-3H3,(H,23,24,25). The van der Waals surface area contributed by atoms with Crippen LogP contribution < -0.4 is 4.90 Å². The third kappa shape index (κ3) is 5.34. The minimum atomic E-state index is -4.43. The molecule has 26 heavy (non-hydrogen) atoms. The van der Waals surface area contributed by atoms with Gasteiger partial charge in [0.25, 0.3) is 10.1 Å². The molecule has 8 heteroatoms. The van der Waals surface area contributed by atoms with Crippen LogP contribution in [0.4, 0.5) is 17.2 Å². The van der Waals surface area contributed by atoms with Gasteiger partial charge in [0.05, 0.1) is 0 Å². The molecule has 0 saturated heterocycles. The number of aromatic nitrogens is 1. The Balaban J connectivity index is 2.41. The molecule has 1 aromatic heterocycles. The SMILES string of the molecule is CCCN(CCC)c1ccc(N=Nc2ccc(C)cn2)c(S(=O)(=O)O)c1. The summed E-state index contributed by atoms with van der Waals surface area (Å²) in [5.41, 5.74) is 1.79. The third-order valence-electron chi connectivity index (χ3n) is 3.73. The maximum absolute atomic E-state index is 11.8. The Morgan fingerprint density at radius 2 is 1.77 bits per heavy atom. The van der Waals surface area contributed by atoms with Crippen LogP contribution in [0.5, 0.6) is 0 Å². The molecule has 140 valence electrons. The van der Waals surface area contributed by atoms with Crippen LogP contribution in [0.15, 0.2) is 51.7 Å². The van der Waals surface area contributed by atoms with Crippen molar-refractivity contribution in [2.75, 3.05) is 18.0 Å². The molecule has 1 N–H and O–H groups in total. The Morgan fingerprint density at radius 3 is 2.31 bits per heavy atom. The number of anilines is 1. The number of benzene rings is 1. The highest BCUT2D eigenvalue weighted by atomic mass is 32.2. The van der Waals surface area contributed by atoms with Crippen molar-refractivity contribution in [3.8, 4) is 0 Å². The van der Waals surface area contributed by atoms with E-state index in [2.05, 4.69) is 34.0 Å². The van der Waals surface area contributed by atoms with Gasteiger partial charge >= 0.3 is 0 Å². The molecule has 0 bridgehead atoms. The van der Waals surface area contributed by atoms with Crippen molar-refractivity contribution >= 4 is 27.3 Å². The highest BCUT2D eigenvalue weighted by molar-refractivity contribution is 7.86. The zero-order chi connectivity index (χ0) is 19.2.